The van der Waals surface area contributed by atoms with Crippen molar-refractivity contribution in [3.05, 3.63) is 93.4 Å². The number of amides is 2. The highest BCUT2D eigenvalue weighted by Crippen LogP contribution is 2.30. The Hall–Kier alpha value is -4.01. The van der Waals surface area contributed by atoms with Gasteiger partial charge >= 0.3 is 0 Å². The summed E-state index contributed by atoms with van der Waals surface area (Å²) < 4.78 is 13.1. The third kappa shape index (κ3) is 4.92. The van der Waals surface area contributed by atoms with Crippen molar-refractivity contribution in [3.63, 3.8) is 0 Å². The first-order valence-electron chi connectivity index (χ1n) is 10.7. The summed E-state index contributed by atoms with van der Waals surface area (Å²) in [4.78, 5) is 46.6. The fourth-order valence-electron chi connectivity index (χ4n) is 3.87. The van der Waals surface area contributed by atoms with Crippen LogP contribution in [0.15, 0.2) is 59.4 Å². The lowest BCUT2D eigenvalue weighted by atomic mass is 10.00. The van der Waals surface area contributed by atoms with Gasteiger partial charge in [-0.3, -0.25) is 14.4 Å². The van der Waals surface area contributed by atoms with Crippen LogP contribution in [0.1, 0.15) is 57.5 Å². The van der Waals surface area contributed by atoms with Gasteiger partial charge in [0.15, 0.2) is 5.69 Å². The fourth-order valence-corrected chi connectivity index (χ4v) is 3.87. The summed E-state index contributed by atoms with van der Waals surface area (Å²) in [5, 5.41) is 12.8. The summed E-state index contributed by atoms with van der Waals surface area (Å²) in [6.07, 6.45) is 2.19. The van der Waals surface area contributed by atoms with E-state index in [0.29, 0.717) is 24.1 Å². The SMILES string of the molecule is O=C(NCc1ccc(F)cc1)c1nc(C2CCCCN2C(=O)c2ccccc2)[nH]c(=O)c1O. The molecular weight excluding hydrogens is 427 g/mol. The monoisotopic (exact) mass is 450 g/mol. The van der Waals surface area contributed by atoms with Crippen molar-refractivity contribution in [2.24, 2.45) is 0 Å². The second-order valence-corrected chi connectivity index (χ2v) is 7.83. The van der Waals surface area contributed by atoms with Crippen molar-refractivity contribution in [2.45, 2.75) is 31.8 Å². The molecule has 3 N–H and O–H groups in total. The van der Waals surface area contributed by atoms with Gasteiger partial charge in [-0.25, -0.2) is 9.37 Å². The van der Waals surface area contributed by atoms with Gasteiger partial charge in [0, 0.05) is 18.7 Å². The van der Waals surface area contributed by atoms with Gasteiger partial charge in [0.25, 0.3) is 17.4 Å². The molecule has 8 nitrogen and oxygen atoms in total. The second-order valence-electron chi connectivity index (χ2n) is 7.83. The van der Waals surface area contributed by atoms with Gasteiger partial charge in [-0.1, -0.05) is 30.3 Å². The van der Waals surface area contributed by atoms with Gasteiger partial charge in [0.1, 0.15) is 11.6 Å². The highest BCUT2D eigenvalue weighted by molar-refractivity contribution is 5.95. The summed E-state index contributed by atoms with van der Waals surface area (Å²) >= 11 is 0. The van der Waals surface area contributed by atoms with E-state index >= 15 is 0 Å². The number of likely N-dealkylation sites (tertiary alicyclic amines) is 1. The number of halogens is 1. The number of carbonyl (C=O) groups is 2. The number of hydrogen-bond donors (Lipinski definition) is 3. The predicted octanol–water partition coefficient (Wildman–Crippen LogP) is 2.91. The molecule has 4 rings (SSSR count). The molecule has 1 aromatic heterocycles. The number of carbonyl (C=O) groups excluding carboxylic acids is 2. The molecule has 9 heteroatoms. The molecule has 1 atom stereocenters. The zero-order chi connectivity index (χ0) is 23.4. The maximum Gasteiger partial charge on any atom is 0.294 e. The average molecular weight is 450 g/mol. The molecule has 2 heterocycles. The third-order valence-corrected chi connectivity index (χ3v) is 5.59. The topological polar surface area (TPSA) is 115 Å². The molecule has 0 radical (unpaired) electrons. The Morgan fingerprint density at radius 3 is 2.58 bits per heavy atom. The van der Waals surface area contributed by atoms with Gasteiger partial charge in [-0.2, -0.15) is 0 Å². The van der Waals surface area contributed by atoms with Crippen LogP contribution in [0.3, 0.4) is 0 Å². The Bertz CT molecular complexity index is 1210. The van der Waals surface area contributed by atoms with Crippen LogP contribution in [0, 0.1) is 5.82 Å². The Morgan fingerprint density at radius 1 is 1.12 bits per heavy atom. The average Bonchev–Trinajstić information content (AvgIpc) is 2.85. The van der Waals surface area contributed by atoms with Crippen molar-refractivity contribution in [3.8, 4) is 5.75 Å². The van der Waals surface area contributed by atoms with Crippen LogP contribution in [0.2, 0.25) is 0 Å². The molecule has 1 aliphatic heterocycles. The van der Waals surface area contributed by atoms with Gasteiger partial charge in [-0.05, 0) is 49.1 Å². The summed E-state index contributed by atoms with van der Waals surface area (Å²) in [6.45, 7) is 0.541. The van der Waals surface area contributed by atoms with Crippen molar-refractivity contribution in [1.29, 1.82) is 0 Å². The van der Waals surface area contributed by atoms with E-state index in [4.69, 9.17) is 0 Å². The molecule has 1 saturated heterocycles. The smallest absolute Gasteiger partial charge is 0.294 e. The zero-order valence-corrected chi connectivity index (χ0v) is 17.8. The molecular formula is C24H23FN4O4. The molecule has 1 fully saturated rings. The van der Waals surface area contributed by atoms with E-state index in [1.165, 1.54) is 24.3 Å². The first-order valence-corrected chi connectivity index (χ1v) is 10.7. The van der Waals surface area contributed by atoms with Crippen LogP contribution in [0.25, 0.3) is 0 Å². The number of aromatic nitrogens is 2. The molecule has 3 aromatic rings. The van der Waals surface area contributed by atoms with E-state index in [1.54, 1.807) is 29.2 Å². The van der Waals surface area contributed by atoms with Gasteiger partial charge in [0.2, 0.25) is 5.75 Å². The maximum absolute atomic E-state index is 13.1. The van der Waals surface area contributed by atoms with Crippen molar-refractivity contribution < 1.29 is 19.1 Å². The minimum absolute atomic E-state index is 0.0599. The van der Waals surface area contributed by atoms with E-state index in [-0.39, 0.29) is 18.3 Å². The number of H-pyrrole nitrogens is 1. The predicted molar refractivity (Wildman–Crippen MR) is 118 cm³/mol. The number of piperidine rings is 1. The van der Waals surface area contributed by atoms with Crippen LogP contribution in [0.5, 0.6) is 5.75 Å². The molecule has 2 aromatic carbocycles. The minimum atomic E-state index is -0.857. The first-order chi connectivity index (χ1) is 15.9. The summed E-state index contributed by atoms with van der Waals surface area (Å²) in [6, 6.07) is 13.8. The Labute approximate surface area is 189 Å². The Balaban J connectivity index is 1.59. The molecule has 0 bridgehead atoms. The van der Waals surface area contributed by atoms with E-state index in [2.05, 4.69) is 15.3 Å². The lowest BCUT2D eigenvalue weighted by Crippen LogP contribution is -2.40. The minimum Gasteiger partial charge on any atom is -0.501 e. The van der Waals surface area contributed by atoms with Gasteiger partial charge in [-0.15, -0.1) is 0 Å². The fraction of sp³-hybridized carbons (Fsp3) is 0.250. The largest absolute Gasteiger partial charge is 0.501 e. The van der Waals surface area contributed by atoms with E-state index in [0.717, 1.165) is 12.8 Å². The van der Waals surface area contributed by atoms with Crippen LogP contribution >= 0.6 is 0 Å². The number of hydrogen-bond acceptors (Lipinski definition) is 5. The molecule has 0 aliphatic carbocycles. The molecule has 1 aliphatic rings. The quantitative estimate of drug-likeness (QED) is 0.553. The normalized spacial score (nSPS) is 15.8. The summed E-state index contributed by atoms with van der Waals surface area (Å²) in [5.74, 6) is -1.99. The zero-order valence-electron chi connectivity index (χ0n) is 17.8. The Kier molecular flexibility index (Phi) is 6.48. The van der Waals surface area contributed by atoms with E-state index < -0.39 is 34.8 Å². The van der Waals surface area contributed by atoms with Crippen LogP contribution in [-0.2, 0) is 6.54 Å². The second kappa shape index (κ2) is 9.64. The highest BCUT2D eigenvalue weighted by Gasteiger charge is 2.32. The summed E-state index contributed by atoms with van der Waals surface area (Å²) in [5.41, 5.74) is -0.123. The molecule has 0 saturated carbocycles. The molecule has 170 valence electrons. The summed E-state index contributed by atoms with van der Waals surface area (Å²) in [7, 11) is 0. The Morgan fingerprint density at radius 2 is 1.85 bits per heavy atom. The van der Waals surface area contributed by atoms with Gasteiger partial charge < -0.3 is 20.3 Å². The third-order valence-electron chi connectivity index (χ3n) is 5.59. The van der Waals surface area contributed by atoms with E-state index in [1.807, 2.05) is 6.07 Å². The molecule has 0 spiro atoms. The number of benzene rings is 2. The molecule has 2 amide bonds. The van der Waals surface area contributed by atoms with E-state index in [9.17, 15) is 23.9 Å². The van der Waals surface area contributed by atoms with Crippen LogP contribution < -0.4 is 10.9 Å². The highest BCUT2D eigenvalue weighted by atomic mass is 19.1. The molecule has 33 heavy (non-hydrogen) atoms. The number of nitrogens with one attached hydrogen (secondary N) is 2. The number of aromatic amines is 1. The maximum atomic E-state index is 13.1. The van der Waals surface area contributed by atoms with Crippen molar-refractivity contribution in [2.75, 3.05) is 6.54 Å². The number of nitrogens with zero attached hydrogens (tertiary/aromatic N) is 2. The molecule has 1 unspecified atom stereocenters. The lowest BCUT2D eigenvalue weighted by Gasteiger charge is -2.35. The lowest BCUT2D eigenvalue weighted by molar-refractivity contribution is 0.0599. The van der Waals surface area contributed by atoms with Gasteiger partial charge in [0.05, 0.1) is 6.04 Å². The first kappa shape index (κ1) is 22.2. The van der Waals surface area contributed by atoms with Crippen LogP contribution in [0.4, 0.5) is 4.39 Å². The number of rotatable bonds is 5. The van der Waals surface area contributed by atoms with Crippen molar-refractivity contribution >= 4 is 11.8 Å². The van der Waals surface area contributed by atoms with Crippen LogP contribution in [-0.4, -0.2) is 38.3 Å². The number of aromatic hydroxyl groups is 1. The standard InChI is InChI=1S/C24H23FN4O4/c25-17-11-9-15(10-12-17)14-26-22(31)19-20(30)23(32)28-21(27-19)18-8-4-5-13-29(18)24(33)16-6-2-1-3-7-16/h1-3,6-7,9-12,18,30H,4-5,8,13-14H2,(H,26,31)(H,27,28,32). The van der Waals surface area contributed by atoms with Crippen molar-refractivity contribution in [1.82, 2.24) is 20.2 Å².